The van der Waals surface area contributed by atoms with E-state index >= 15 is 0 Å². The van der Waals surface area contributed by atoms with Crippen LogP contribution in [0.25, 0.3) is 11.3 Å². The van der Waals surface area contributed by atoms with Gasteiger partial charge in [0.1, 0.15) is 40.3 Å². The number of benzene rings is 2. The van der Waals surface area contributed by atoms with Gasteiger partial charge in [-0.25, -0.2) is 18.2 Å². The number of aromatic nitrogens is 1. The number of rotatable bonds is 5. The van der Waals surface area contributed by atoms with Gasteiger partial charge in [0.05, 0.1) is 30.9 Å². The molecule has 7 nitrogen and oxygen atoms in total. The van der Waals surface area contributed by atoms with Crippen LogP contribution in [0.5, 0.6) is 11.5 Å². The van der Waals surface area contributed by atoms with Crippen LogP contribution in [0.3, 0.4) is 0 Å². The summed E-state index contributed by atoms with van der Waals surface area (Å²) < 4.78 is 53.5. The van der Waals surface area contributed by atoms with E-state index in [2.05, 4.69) is 4.98 Å². The summed E-state index contributed by atoms with van der Waals surface area (Å²) >= 11 is 0. The van der Waals surface area contributed by atoms with Crippen LogP contribution in [0.2, 0.25) is 0 Å². The monoisotopic (exact) mass is 511 g/mol. The maximum atomic E-state index is 14.4. The Hall–Kier alpha value is -4.08. The highest BCUT2D eigenvalue weighted by molar-refractivity contribution is 5.99. The molecule has 2 aromatic carbocycles. The zero-order valence-electron chi connectivity index (χ0n) is 20.3. The van der Waals surface area contributed by atoms with Crippen molar-refractivity contribution in [1.82, 2.24) is 14.8 Å². The molecule has 0 atom stereocenters. The number of amides is 2. The molecule has 0 N–H and O–H groups in total. The van der Waals surface area contributed by atoms with Crippen LogP contribution in [0, 0.1) is 17.5 Å². The smallest absolute Gasteiger partial charge is 0.272 e. The van der Waals surface area contributed by atoms with E-state index in [1.54, 1.807) is 23.1 Å². The summed E-state index contributed by atoms with van der Waals surface area (Å²) in [4.78, 5) is 33.9. The molecule has 2 aliphatic rings. The number of halogens is 3. The standard InChI is InChI=1S/C27H24F3N3O4/c1-36-16-7-8-17(22(13-16)37-2)25(34)33-12-4-11-27(33)14-32(15-27)26(35)21-10-9-20(30)24(31-21)23-18(28)5-3-6-19(23)29/h3,5-10,13H,4,11-12,14-15H2,1-2H3. The highest BCUT2D eigenvalue weighted by atomic mass is 19.1. The van der Waals surface area contributed by atoms with Gasteiger partial charge >= 0.3 is 0 Å². The highest BCUT2D eigenvalue weighted by Crippen LogP contribution is 2.40. The fraction of sp³-hybridized carbons (Fsp3) is 0.296. The Labute approximate surface area is 211 Å². The number of hydrogen-bond donors (Lipinski definition) is 0. The fourth-order valence-corrected chi connectivity index (χ4v) is 5.14. The Kier molecular flexibility index (Phi) is 6.26. The van der Waals surface area contributed by atoms with Gasteiger partial charge in [0.15, 0.2) is 0 Å². The molecular weight excluding hydrogens is 487 g/mol. The van der Waals surface area contributed by atoms with Crippen molar-refractivity contribution < 1.29 is 32.2 Å². The lowest BCUT2D eigenvalue weighted by atomic mass is 9.86. The minimum absolute atomic E-state index is 0.137. The Balaban J connectivity index is 1.36. The van der Waals surface area contributed by atoms with Crippen molar-refractivity contribution in [3.05, 3.63) is 77.2 Å². The SMILES string of the molecule is COc1ccc(C(=O)N2CCCC23CN(C(=O)c2ccc(F)c(-c4c(F)cccc4F)n2)C3)c(OC)c1. The van der Waals surface area contributed by atoms with Crippen molar-refractivity contribution in [2.45, 2.75) is 18.4 Å². The van der Waals surface area contributed by atoms with Crippen molar-refractivity contribution in [3.63, 3.8) is 0 Å². The molecule has 0 bridgehead atoms. The average molecular weight is 512 g/mol. The second kappa shape index (κ2) is 9.42. The number of pyridine rings is 1. The molecule has 2 amide bonds. The fourth-order valence-electron chi connectivity index (χ4n) is 5.14. The molecule has 1 spiro atoms. The third kappa shape index (κ3) is 4.16. The van der Waals surface area contributed by atoms with Gasteiger partial charge in [0, 0.05) is 25.7 Å². The van der Waals surface area contributed by atoms with Crippen LogP contribution in [0.15, 0.2) is 48.5 Å². The first-order valence-electron chi connectivity index (χ1n) is 11.7. The van der Waals surface area contributed by atoms with Gasteiger partial charge in [-0.1, -0.05) is 6.07 Å². The Morgan fingerprint density at radius 2 is 1.65 bits per heavy atom. The van der Waals surface area contributed by atoms with Gasteiger partial charge in [0.2, 0.25) is 0 Å². The molecule has 0 saturated carbocycles. The number of carbonyl (C=O) groups is 2. The van der Waals surface area contributed by atoms with Gasteiger partial charge in [-0.2, -0.15) is 0 Å². The van der Waals surface area contributed by atoms with E-state index in [1.165, 1.54) is 25.2 Å². The number of carbonyl (C=O) groups excluding carboxylic acids is 2. The van der Waals surface area contributed by atoms with Crippen molar-refractivity contribution >= 4 is 11.8 Å². The molecule has 0 radical (unpaired) electrons. The quantitative estimate of drug-likeness (QED) is 0.511. The summed E-state index contributed by atoms with van der Waals surface area (Å²) in [5, 5.41) is 0. The minimum atomic E-state index is -0.979. The summed E-state index contributed by atoms with van der Waals surface area (Å²) in [6.07, 6.45) is 1.49. The zero-order valence-corrected chi connectivity index (χ0v) is 20.3. The van der Waals surface area contributed by atoms with Crippen LogP contribution in [-0.2, 0) is 0 Å². The number of likely N-dealkylation sites (tertiary alicyclic amines) is 2. The van der Waals surface area contributed by atoms with Crippen molar-refractivity contribution in [2.75, 3.05) is 33.9 Å². The molecule has 5 rings (SSSR count). The number of hydrogen-bond acceptors (Lipinski definition) is 5. The Morgan fingerprint density at radius 1 is 0.919 bits per heavy atom. The summed E-state index contributed by atoms with van der Waals surface area (Å²) in [6, 6.07) is 10.3. The van der Waals surface area contributed by atoms with E-state index in [4.69, 9.17) is 9.47 Å². The van der Waals surface area contributed by atoms with Crippen molar-refractivity contribution in [3.8, 4) is 22.8 Å². The van der Waals surface area contributed by atoms with Crippen LogP contribution >= 0.6 is 0 Å². The minimum Gasteiger partial charge on any atom is -0.497 e. The molecule has 2 fully saturated rings. The van der Waals surface area contributed by atoms with E-state index in [0.29, 0.717) is 30.0 Å². The first-order chi connectivity index (χ1) is 17.8. The van der Waals surface area contributed by atoms with E-state index < -0.39 is 40.2 Å². The predicted octanol–water partition coefficient (Wildman–Crippen LogP) is 4.31. The first-order valence-corrected chi connectivity index (χ1v) is 11.7. The molecule has 2 saturated heterocycles. The molecule has 0 aliphatic carbocycles. The van der Waals surface area contributed by atoms with Crippen LogP contribution in [0.4, 0.5) is 13.2 Å². The maximum Gasteiger partial charge on any atom is 0.272 e. The molecule has 10 heteroatoms. The van der Waals surface area contributed by atoms with Gasteiger partial charge in [-0.3, -0.25) is 9.59 Å². The zero-order chi connectivity index (χ0) is 26.3. The Morgan fingerprint density at radius 3 is 2.32 bits per heavy atom. The van der Waals surface area contributed by atoms with Crippen LogP contribution < -0.4 is 9.47 Å². The molecule has 37 heavy (non-hydrogen) atoms. The third-order valence-electron chi connectivity index (χ3n) is 7.00. The number of ether oxygens (including phenoxy) is 2. The average Bonchev–Trinajstić information content (AvgIpc) is 3.33. The number of methoxy groups -OCH3 is 2. The first kappa shape index (κ1) is 24.6. The molecule has 0 unspecified atom stereocenters. The van der Waals surface area contributed by atoms with Crippen LogP contribution in [-0.4, -0.2) is 66.0 Å². The van der Waals surface area contributed by atoms with E-state index in [9.17, 15) is 22.8 Å². The molecule has 3 aromatic rings. The lowest BCUT2D eigenvalue weighted by Gasteiger charge is -2.52. The summed E-state index contributed by atoms with van der Waals surface area (Å²) in [5.41, 5.74) is -1.48. The third-order valence-corrected chi connectivity index (χ3v) is 7.00. The Bertz CT molecular complexity index is 1370. The van der Waals surface area contributed by atoms with Crippen molar-refractivity contribution in [2.24, 2.45) is 0 Å². The summed E-state index contributed by atoms with van der Waals surface area (Å²) in [5.74, 6) is -2.66. The lowest BCUT2D eigenvalue weighted by molar-refractivity contribution is -0.0120. The molecular formula is C27H24F3N3O4. The lowest BCUT2D eigenvalue weighted by Crippen LogP contribution is -2.70. The number of nitrogens with zero attached hydrogens (tertiary/aromatic N) is 3. The van der Waals surface area contributed by atoms with Gasteiger partial charge in [-0.15, -0.1) is 0 Å². The molecule has 2 aliphatic heterocycles. The largest absolute Gasteiger partial charge is 0.497 e. The van der Waals surface area contributed by atoms with Gasteiger partial charge in [-0.05, 0) is 49.2 Å². The molecule has 192 valence electrons. The normalized spacial score (nSPS) is 16.0. The van der Waals surface area contributed by atoms with E-state index in [-0.39, 0.29) is 24.7 Å². The predicted molar refractivity (Wildman–Crippen MR) is 128 cm³/mol. The van der Waals surface area contributed by atoms with Gasteiger partial charge in [0.25, 0.3) is 11.8 Å². The van der Waals surface area contributed by atoms with E-state index in [1.807, 2.05) is 0 Å². The van der Waals surface area contributed by atoms with Gasteiger partial charge < -0.3 is 19.3 Å². The second-order valence-electron chi connectivity index (χ2n) is 9.14. The second-order valence-corrected chi connectivity index (χ2v) is 9.14. The van der Waals surface area contributed by atoms with Crippen molar-refractivity contribution in [1.29, 1.82) is 0 Å². The molecule has 1 aromatic heterocycles. The summed E-state index contributed by atoms with van der Waals surface area (Å²) in [6.45, 7) is 1.05. The molecule has 3 heterocycles. The topological polar surface area (TPSA) is 72.0 Å². The maximum absolute atomic E-state index is 14.4. The highest BCUT2D eigenvalue weighted by Gasteiger charge is 2.54. The summed E-state index contributed by atoms with van der Waals surface area (Å²) in [7, 11) is 3.00. The van der Waals surface area contributed by atoms with E-state index in [0.717, 1.165) is 30.7 Å². The van der Waals surface area contributed by atoms with Crippen LogP contribution in [0.1, 0.15) is 33.7 Å².